The van der Waals surface area contributed by atoms with Gasteiger partial charge in [-0.15, -0.1) is 0 Å². The highest BCUT2D eigenvalue weighted by molar-refractivity contribution is 6.30. The summed E-state index contributed by atoms with van der Waals surface area (Å²) in [5.74, 6) is 0.806. The topological polar surface area (TPSA) is 36.8 Å². The van der Waals surface area contributed by atoms with Gasteiger partial charge in [-0.2, -0.15) is 0 Å². The average Bonchev–Trinajstić information content (AvgIpc) is 2.50. The Balaban J connectivity index is 1.77. The Hall–Kier alpha value is -1.26. The Morgan fingerprint density at radius 3 is 2.70 bits per heavy atom. The van der Waals surface area contributed by atoms with Crippen LogP contribution < -0.4 is 15.1 Å². The SMILES string of the molecule is Cc1ccc(Cl)cc1N1CC[NH+](CC(=O)NCCC(C)C)CC1. The zero-order chi connectivity index (χ0) is 16.8. The summed E-state index contributed by atoms with van der Waals surface area (Å²) in [4.78, 5) is 15.7. The summed E-state index contributed by atoms with van der Waals surface area (Å²) in [6.45, 7) is 11.8. The Labute approximate surface area is 144 Å². The van der Waals surface area contributed by atoms with E-state index in [4.69, 9.17) is 11.6 Å². The number of quaternary nitrogens is 1. The van der Waals surface area contributed by atoms with Crippen molar-refractivity contribution in [2.45, 2.75) is 27.2 Å². The lowest BCUT2D eigenvalue weighted by molar-refractivity contribution is -0.892. The van der Waals surface area contributed by atoms with Crippen LogP contribution in [-0.2, 0) is 4.79 Å². The number of aryl methyl sites for hydroxylation is 1. The number of anilines is 1. The minimum absolute atomic E-state index is 0.174. The highest BCUT2D eigenvalue weighted by Gasteiger charge is 2.23. The number of hydrogen-bond donors (Lipinski definition) is 2. The number of amides is 1. The lowest BCUT2D eigenvalue weighted by Gasteiger charge is -2.34. The molecule has 0 saturated carbocycles. The Morgan fingerprint density at radius 1 is 1.35 bits per heavy atom. The van der Waals surface area contributed by atoms with Crippen molar-refractivity contribution in [1.29, 1.82) is 0 Å². The molecule has 0 spiro atoms. The smallest absolute Gasteiger partial charge is 0.275 e. The first-order valence-corrected chi connectivity index (χ1v) is 8.95. The van der Waals surface area contributed by atoms with E-state index in [0.29, 0.717) is 12.5 Å². The minimum atomic E-state index is 0.174. The maximum atomic E-state index is 12.0. The van der Waals surface area contributed by atoms with Gasteiger partial charge in [-0.05, 0) is 37.0 Å². The third kappa shape index (κ3) is 5.70. The predicted octanol–water partition coefficient (Wildman–Crippen LogP) is 1.52. The van der Waals surface area contributed by atoms with Gasteiger partial charge in [0.1, 0.15) is 0 Å². The Bertz CT molecular complexity index is 525. The zero-order valence-corrected chi connectivity index (χ0v) is 15.2. The molecule has 0 radical (unpaired) electrons. The molecule has 2 N–H and O–H groups in total. The van der Waals surface area contributed by atoms with Crippen LogP contribution in [0.5, 0.6) is 0 Å². The number of halogens is 1. The fourth-order valence-electron chi connectivity index (χ4n) is 2.95. The number of piperazine rings is 1. The van der Waals surface area contributed by atoms with E-state index in [1.54, 1.807) is 0 Å². The molecule has 1 amide bonds. The van der Waals surface area contributed by atoms with E-state index in [0.717, 1.165) is 44.2 Å². The van der Waals surface area contributed by atoms with E-state index in [9.17, 15) is 4.79 Å². The van der Waals surface area contributed by atoms with E-state index in [1.807, 2.05) is 12.1 Å². The molecule has 0 bridgehead atoms. The summed E-state index contributed by atoms with van der Waals surface area (Å²) in [7, 11) is 0. The fraction of sp³-hybridized carbons (Fsp3) is 0.611. The lowest BCUT2D eigenvalue weighted by atomic mass is 10.1. The van der Waals surface area contributed by atoms with Gasteiger partial charge in [0.25, 0.3) is 5.91 Å². The molecule has 1 aliphatic heterocycles. The van der Waals surface area contributed by atoms with Crippen LogP contribution in [0.1, 0.15) is 25.8 Å². The summed E-state index contributed by atoms with van der Waals surface area (Å²) in [5.41, 5.74) is 2.47. The van der Waals surface area contributed by atoms with Gasteiger partial charge in [0.05, 0.1) is 26.2 Å². The first kappa shape index (κ1) is 18.1. The van der Waals surface area contributed by atoms with E-state index in [-0.39, 0.29) is 5.91 Å². The Kier molecular flexibility index (Phi) is 6.72. The second kappa shape index (κ2) is 8.55. The molecule has 4 nitrogen and oxygen atoms in total. The third-order valence-corrected chi connectivity index (χ3v) is 4.67. The van der Waals surface area contributed by atoms with Crippen LogP contribution in [0.2, 0.25) is 5.02 Å². The molecule has 1 saturated heterocycles. The molecule has 0 unspecified atom stereocenters. The molecule has 2 rings (SSSR count). The van der Waals surface area contributed by atoms with Gasteiger partial charge in [-0.3, -0.25) is 4.79 Å². The summed E-state index contributed by atoms with van der Waals surface area (Å²) < 4.78 is 0. The number of rotatable bonds is 6. The summed E-state index contributed by atoms with van der Waals surface area (Å²) in [6.07, 6.45) is 1.04. The molecular formula is C18H29ClN3O+. The molecule has 1 fully saturated rings. The minimum Gasteiger partial charge on any atom is -0.360 e. The zero-order valence-electron chi connectivity index (χ0n) is 14.5. The monoisotopic (exact) mass is 338 g/mol. The third-order valence-electron chi connectivity index (χ3n) is 4.44. The van der Waals surface area contributed by atoms with Gasteiger partial charge >= 0.3 is 0 Å². The van der Waals surface area contributed by atoms with Gasteiger partial charge in [0.15, 0.2) is 6.54 Å². The van der Waals surface area contributed by atoms with Crippen LogP contribution >= 0.6 is 11.6 Å². The number of benzene rings is 1. The van der Waals surface area contributed by atoms with Crippen molar-refractivity contribution in [3.8, 4) is 0 Å². The molecule has 1 aromatic carbocycles. The van der Waals surface area contributed by atoms with E-state index < -0.39 is 0 Å². The first-order chi connectivity index (χ1) is 11.0. The fourth-order valence-corrected chi connectivity index (χ4v) is 3.12. The highest BCUT2D eigenvalue weighted by atomic mass is 35.5. The number of carbonyl (C=O) groups excluding carboxylic acids is 1. The van der Waals surface area contributed by atoms with Crippen molar-refractivity contribution >= 4 is 23.2 Å². The summed E-state index contributed by atoms with van der Waals surface area (Å²) in [5, 5.41) is 3.81. The van der Waals surface area contributed by atoms with Crippen LogP contribution in [0.25, 0.3) is 0 Å². The molecule has 128 valence electrons. The molecule has 5 heteroatoms. The molecule has 0 atom stereocenters. The van der Waals surface area contributed by atoms with Crippen LogP contribution in [0.15, 0.2) is 18.2 Å². The molecular weight excluding hydrogens is 310 g/mol. The van der Waals surface area contributed by atoms with Gasteiger partial charge in [-0.25, -0.2) is 0 Å². The standard InChI is InChI=1S/C18H28ClN3O/c1-14(2)6-7-20-18(23)13-21-8-10-22(11-9-21)17-12-16(19)5-4-15(17)3/h4-5,12,14H,6-11,13H2,1-3H3,(H,20,23)/p+1. The number of nitrogens with one attached hydrogen (secondary N) is 2. The molecule has 1 aromatic rings. The van der Waals surface area contributed by atoms with Gasteiger partial charge < -0.3 is 15.1 Å². The predicted molar refractivity (Wildman–Crippen MR) is 96.4 cm³/mol. The van der Waals surface area contributed by atoms with Crippen molar-refractivity contribution in [2.24, 2.45) is 5.92 Å². The van der Waals surface area contributed by atoms with E-state index >= 15 is 0 Å². The van der Waals surface area contributed by atoms with Crippen LogP contribution in [0.4, 0.5) is 5.69 Å². The van der Waals surface area contributed by atoms with E-state index in [1.165, 1.54) is 16.2 Å². The lowest BCUT2D eigenvalue weighted by Crippen LogP contribution is -3.16. The van der Waals surface area contributed by atoms with Crippen molar-refractivity contribution in [3.05, 3.63) is 28.8 Å². The molecule has 1 aliphatic rings. The van der Waals surface area contributed by atoms with Gasteiger partial charge in [-0.1, -0.05) is 31.5 Å². The van der Waals surface area contributed by atoms with Crippen molar-refractivity contribution in [1.82, 2.24) is 5.32 Å². The molecule has 23 heavy (non-hydrogen) atoms. The van der Waals surface area contributed by atoms with Crippen molar-refractivity contribution in [2.75, 3.05) is 44.2 Å². The number of nitrogens with zero attached hydrogens (tertiary/aromatic N) is 1. The van der Waals surface area contributed by atoms with Crippen molar-refractivity contribution < 1.29 is 9.69 Å². The second-order valence-corrected chi connectivity index (χ2v) is 7.31. The average molecular weight is 339 g/mol. The normalized spacial score (nSPS) is 16.0. The maximum absolute atomic E-state index is 12.0. The molecule has 1 heterocycles. The second-order valence-electron chi connectivity index (χ2n) is 6.88. The van der Waals surface area contributed by atoms with Crippen molar-refractivity contribution in [3.63, 3.8) is 0 Å². The van der Waals surface area contributed by atoms with E-state index in [2.05, 4.69) is 37.1 Å². The number of carbonyl (C=O) groups is 1. The van der Waals surface area contributed by atoms with Gasteiger partial charge in [0, 0.05) is 17.3 Å². The molecule has 0 aromatic heterocycles. The Morgan fingerprint density at radius 2 is 2.04 bits per heavy atom. The quantitative estimate of drug-likeness (QED) is 0.825. The summed E-state index contributed by atoms with van der Waals surface area (Å²) in [6, 6.07) is 6.04. The van der Waals surface area contributed by atoms with Crippen LogP contribution in [0, 0.1) is 12.8 Å². The summed E-state index contributed by atoms with van der Waals surface area (Å²) >= 11 is 6.12. The first-order valence-electron chi connectivity index (χ1n) is 8.57. The highest BCUT2D eigenvalue weighted by Crippen LogP contribution is 2.24. The number of hydrogen-bond acceptors (Lipinski definition) is 2. The van der Waals surface area contributed by atoms with Gasteiger partial charge in [0.2, 0.25) is 0 Å². The van der Waals surface area contributed by atoms with Crippen LogP contribution in [-0.4, -0.2) is 45.2 Å². The molecule has 0 aliphatic carbocycles. The van der Waals surface area contributed by atoms with Crippen LogP contribution in [0.3, 0.4) is 0 Å². The largest absolute Gasteiger partial charge is 0.360 e. The maximum Gasteiger partial charge on any atom is 0.275 e.